The van der Waals surface area contributed by atoms with Crippen LogP contribution in [0, 0.1) is 0 Å². The molecule has 1 fully saturated rings. The molecule has 4 nitrogen and oxygen atoms in total. The first kappa shape index (κ1) is 10.3. The Hall–Kier alpha value is -0.901. The summed E-state index contributed by atoms with van der Waals surface area (Å²) in [5.74, 6) is 0. The molecule has 0 spiro atoms. The molecule has 1 aromatic carbocycles. The van der Waals surface area contributed by atoms with Crippen LogP contribution < -0.4 is 10.6 Å². The summed E-state index contributed by atoms with van der Waals surface area (Å²) in [6, 6.07) is 6.78. The monoisotopic (exact) mass is 282 g/mol. The van der Waals surface area contributed by atoms with Gasteiger partial charge in [0.2, 0.25) is 0 Å². The first-order valence-corrected chi connectivity index (χ1v) is 7.15. The van der Waals surface area contributed by atoms with E-state index in [0.717, 1.165) is 30.2 Å². The van der Waals surface area contributed by atoms with Crippen LogP contribution in [-0.2, 0) is 0 Å². The van der Waals surface area contributed by atoms with Gasteiger partial charge in [0.25, 0.3) is 0 Å². The average Bonchev–Trinajstić information content (AvgIpc) is 2.97. The molecule has 16 heavy (non-hydrogen) atoms. The van der Waals surface area contributed by atoms with Gasteiger partial charge in [-0.15, -0.1) is 0 Å². The van der Waals surface area contributed by atoms with Crippen LogP contribution in [0.2, 0.25) is 0 Å². The second kappa shape index (κ2) is 4.53. The Morgan fingerprint density at radius 3 is 3.31 bits per heavy atom. The van der Waals surface area contributed by atoms with E-state index in [-0.39, 0.29) is 14.6 Å². The molecule has 2 N–H and O–H groups in total. The first-order chi connectivity index (χ1) is 7.93. The van der Waals surface area contributed by atoms with Crippen molar-refractivity contribution in [2.45, 2.75) is 18.9 Å². The number of rotatable bonds is 3. The van der Waals surface area contributed by atoms with E-state index in [4.69, 9.17) is 0 Å². The Morgan fingerprint density at radius 1 is 1.44 bits per heavy atom. The van der Waals surface area contributed by atoms with Crippen molar-refractivity contribution < 1.29 is 0 Å². The zero-order chi connectivity index (χ0) is 10.8. The van der Waals surface area contributed by atoms with Gasteiger partial charge in [-0.2, -0.15) is 0 Å². The minimum absolute atomic E-state index is 0.0612. The van der Waals surface area contributed by atoms with Gasteiger partial charge in [0.05, 0.1) is 0 Å². The van der Waals surface area contributed by atoms with E-state index < -0.39 is 0 Å². The van der Waals surface area contributed by atoms with E-state index in [0.29, 0.717) is 6.04 Å². The van der Waals surface area contributed by atoms with Crippen LogP contribution in [0.5, 0.6) is 0 Å². The van der Waals surface area contributed by atoms with Crippen molar-refractivity contribution in [3.8, 4) is 0 Å². The molecular formula is C11H14N4Se. The number of nitrogens with zero attached hydrogens (tertiary/aromatic N) is 2. The third kappa shape index (κ3) is 1.98. The van der Waals surface area contributed by atoms with Crippen molar-refractivity contribution in [3.05, 3.63) is 18.2 Å². The Balaban J connectivity index is 1.71. The Bertz CT molecular complexity index is 459. The molecule has 1 saturated heterocycles. The minimum atomic E-state index is 0.0612. The number of hydrogen-bond acceptors (Lipinski definition) is 4. The van der Waals surface area contributed by atoms with Crippen LogP contribution in [0.15, 0.2) is 26.1 Å². The number of fused-ring (bicyclic) bond motifs is 1. The van der Waals surface area contributed by atoms with Crippen molar-refractivity contribution in [2.75, 3.05) is 18.4 Å². The van der Waals surface area contributed by atoms with Gasteiger partial charge in [-0.1, -0.05) is 0 Å². The zero-order valence-corrected chi connectivity index (χ0v) is 10.7. The van der Waals surface area contributed by atoms with Gasteiger partial charge in [-0.05, 0) is 0 Å². The fourth-order valence-corrected chi connectivity index (χ4v) is 3.27. The van der Waals surface area contributed by atoms with Gasteiger partial charge >= 0.3 is 100 Å². The molecule has 2 aliphatic rings. The summed E-state index contributed by atoms with van der Waals surface area (Å²) in [5, 5.41) is 6.96. The molecule has 2 aliphatic heterocycles. The van der Waals surface area contributed by atoms with Gasteiger partial charge in [0, 0.05) is 0 Å². The molecule has 0 amide bonds. The topological polar surface area (TPSA) is 48.8 Å². The summed E-state index contributed by atoms with van der Waals surface area (Å²) < 4.78 is 8.84. The first-order valence-electron chi connectivity index (χ1n) is 5.62. The zero-order valence-electron chi connectivity index (χ0n) is 8.94. The predicted molar refractivity (Wildman–Crippen MR) is 65.9 cm³/mol. The number of anilines is 1. The van der Waals surface area contributed by atoms with Crippen LogP contribution in [-0.4, -0.2) is 33.7 Å². The second-order valence-electron chi connectivity index (χ2n) is 4.11. The van der Waals surface area contributed by atoms with Gasteiger partial charge < -0.3 is 0 Å². The van der Waals surface area contributed by atoms with E-state index in [1.165, 1.54) is 12.8 Å². The molecule has 1 atom stereocenters. The molecule has 84 valence electrons. The van der Waals surface area contributed by atoms with E-state index >= 15 is 0 Å². The summed E-state index contributed by atoms with van der Waals surface area (Å²) >= 11 is 0.0612. The van der Waals surface area contributed by atoms with E-state index in [1.54, 1.807) is 0 Å². The molecule has 0 saturated carbocycles. The summed E-state index contributed by atoms with van der Waals surface area (Å²) in [7, 11) is 0. The summed E-state index contributed by atoms with van der Waals surface area (Å²) in [5.41, 5.74) is 3.24. The molecular weight excluding hydrogens is 267 g/mol. The van der Waals surface area contributed by atoms with Crippen molar-refractivity contribution in [3.63, 3.8) is 0 Å². The van der Waals surface area contributed by atoms with Crippen LogP contribution in [0.3, 0.4) is 0 Å². The third-order valence-corrected chi connectivity index (χ3v) is 4.13. The molecule has 0 radical (unpaired) electrons. The van der Waals surface area contributed by atoms with Gasteiger partial charge in [0.15, 0.2) is 0 Å². The van der Waals surface area contributed by atoms with Crippen molar-refractivity contribution in [1.82, 2.24) is 5.32 Å². The third-order valence-electron chi connectivity index (χ3n) is 2.99. The molecule has 1 aromatic rings. The maximum atomic E-state index is 4.46. The number of hydrogen-bond donors (Lipinski definition) is 2. The quantitative estimate of drug-likeness (QED) is 0.847. The number of benzene rings is 1. The van der Waals surface area contributed by atoms with Crippen molar-refractivity contribution in [1.29, 1.82) is 0 Å². The van der Waals surface area contributed by atoms with Crippen LogP contribution >= 0.6 is 0 Å². The average molecular weight is 281 g/mol. The predicted octanol–water partition coefficient (Wildman–Crippen LogP) is 2.20. The molecule has 2 heterocycles. The molecule has 0 aliphatic carbocycles. The van der Waals surface area contributed by atoms with Gasteiger partial charge in [0.1, 0.15) is 0 Å². The van der Waals surface area contributed by atoms with E-state index in [9.17, 15) is 0 Å². The van der Waals surface area contributed by atoms with Crippen molar-refractivity contribution in [2.24, 2.45) is 7.92 Å². The van der Waals surface area contributed by atoms with E-state index in [1.807, 2.05) is 12.1 Å². The normalized spacial score (nSPS) is 21.9. The number of nitrogens with one attached hydrogen (secondary N) is 2. The Morgan fingerprint density at radius 2 is 2.44 bits per heavy atom. The second-order valence-corrected chi connectivity index (χ2v) is 5.22. The molecule has 5 heteroatoms. The molecule has 0 aromatic heterocycles. The fourth-order valence-electron chi connectivity index (χ4n) is 2.11. The Labute approximate surface area is 101 Å². The van der Waals surface area contributed by atoms with Gasteiger partial charge in [-0.3, -0.25) is 0 Å². The standard InChI is InChI=1S/C11H14N4Se/c1-4-9(11-10(5-1)14-16-15-11)13-7-8-3-2-6-12-8/h1,4-5,8,12-13H,2-3,6-7H2. The van der Waals surface area contributed by atoms with Crippen molar-refractivity contribution >= 4 is 31.6 Å². The fraction of sp³-hybridized carbons (Fsp3) is 0.455. The van der Waals surface area contributed by atoms with E-state index in [2.05, 4.69) is 24.6 Å². The molecule has 1 unspecified atom stereocenters. The summed E-state index contributed by atoms with van der Waals surface area (Å²) in [4.78, 5) is 0. The van der Waals surface area contributed by atoms with Crippen LogP contribution in [0.1, 0.15) is 12.8 Å². The van der Waals surface area contributed by atoms with Crippen LogP contribution in [0.25, 0.3) is 0 Å². The summed E-state index contributed by atoms with van der Waals surface area (Å²) in [6.07, 6.45) is 2.57. The summed E-state index contributed by atoms with van der Waals surface area (Å²) in [6.45, 7) is 2.14. The Kier molecular flexibility index (Phi) is 2.91. The molecule has 0 bridgehead atoms. The molecule has 3 rings (SSSR count). The van der Waals surface area contributed by atoms with Crippen LogP contribution in [0.4, 0.5) is 17.1 Å². The SMILES string of the molecule is c1cc2c(c(NCC3CCCN3)c1)N=[Se]=N2. The maximum absolute atomic E-state index is 4.46. The van der Waals surface area contributed by atoms with Gasteiger partial charge in [-0.25, -0.2) is 0 Å².